The summed E-state index contributed by atoms with van der Waals surface area (Å²) in [6, 6.07) is 19.5. The van der Waals surface area contributed by atoms with Crippen molar-refractivity contribution < 1.29 is 18.6 Å². The van der Waals surface area contributed by atoms with Gasteiger partial charge >= 0.3 is 7.48 Å². The van der Waals surface area contributed by atoms with Crippen molar-refractivity contribution in [3.05, 3.63) is 60.7 Å². The third-order valence-corrected chi connectivity index (χ3v) is 6.01. The lowest BCUT2D eigenvalue weighted by atomic mass is 9.80. The SMILES string of the molecule is CC(C)(O)C(C)(C)O[B]c1cccc2oc3cc4nc(-c5ccccc5)oc4cc3c12. The fraction of sp³-hybridized carbons (Fsp3) is 0.240. The van der Waals surface area contributed by atoms with Gasteiger partial charge in [-0.3, -0.25) is 0 Å². The van der Waals surface area contributed by atoms with Crippen LogP contribution in [-0.4, -0.2) is 28.8 Å². The van der Waals surface area contributed by atoms with Crippen molar-refractivity contribution in [1.29, 1.82) is 0 Å². The topological polar surface area (TPSA) is 68.6 Å². The molecule has 2 heterocycles. The molecule has 0 fully saturated rings. The van der Waals surface area contributed by atoms with Gasteiger partial charge in [0.05, 0.1) is 11.2 Å². The van der Waals surface area contributed by atoms with Crippen molar-refractivity contribution in [1.82, 2.24) is 4.98 Å². The minimum Gasteiger partial charge on any atom is -0.456 e. The van der Waals surface area contributed by atoms with E-state index in [9.17, 15) is 5.11 Å². The molecule has 3 aromatic carbocycles. The van der Waals surface area contributed by atoms with E-state index < -0.39 is 11.2 Å². The van der Waals surface area contributed by atoms with E-state index in [1.165, 1.54) is 0 Å². The van der Waals surface area contributed by atoms with Gasteiger partial charge in [-0.1, -0.05) is 30.3 Å². The van der Waals surface area contributed by atoms with Crippen molar-refractivity contribution in [2.24, 2.45) is 0 Å². The van der Waals surface area contributed by atoms with Gasteiger partial charge in [-0.15, -0.1) is 0 Å². The number of aromatic nitrogens is 1. The lowest BCUT2D eigenvalue weighted by molar-refractivity contribution is -0.0893. The number of hydrogen-bond donors (Lipinski definition) is 1. The molecule has 0 bridgehead atoms. The normalized spacial score (nSPS) is 12.8. The highest BCUT2D eigenvalue weighted by Gasteiger charge is 2.36. The number of fused-ring (bicyclic) bond motifs is 4. The second kappa shape index (κ2) is 6.97. The first-order chi connectivity index (χ1) is 14.7. The summed E-state index contributed by atoms with van der Waals surface area (Å²) in [5.74, 6) is 0.578. The van der Waals surface area contributed by atoms with E-state index in [4.69, 9.17) is 13.5 Å². The van der Waals surface area contributed by atoms with Crippen LogP contribution >= 0.6 is 0 Å². The molecule has 0 amide bonds. The zero-order chi connectivity index (χ0) is 21.8. The second-order valence-corrected chi connectivity index (χ2v) is 8.83. The average molecular weight is 412 g/mol. The predicted octanol–water partition coefficient (Wildman–Crippen LogP) is 5.20. The highest BCUT2D eigenvalue weighted by Crippen LogP contribution is 2.33. The van der Waals surface area contributed by atoms with Gasteiger partial charge in [0, 0.05) is 22.4 Å². The molecule has 155 valence electrons. The van der Waals surface area contributed by atoms with Crippen molar-refractivity contribution in [3.8, 4) is 11.5 Å². The fourth-order valence-corrected chi connectivity index (χ4v) is 3.43. The van der Waals surface area contributed by atoms with E-state index in [1.807, 2.05) is 74.5 Å². The van der Waals surface area contributed by atoms with E-state index >= 15 is 0 Å². The van der Waals surface area contributed by atoms with Crippen LogP contribution in [-0.2, 0) is 4.65 Å². The van der Waals surface area contributed by atoms with Gasteiger partial charge in [0.25, 0.3) is 0 Å². The third-order valence-electron chi connectivity index (χ3n) is 6.01. The Morgan fingerprint density at radius 2 is 1.65 bits per heavy atom. The Morgan fingerprint density at radius 1 is 0.871 bits per heavy atom. The molecule has 5 aromatic rings. The quantitative estimate of drug-likeness (QED) is 0.402. The van der Waals surface area contributed by atoms with Crippen molar-refractivity contribution in [3.63, 3.8) is 0 Å². The van der Waals surface area contributed by atoms with E-state index in [2.05, 4.69) is 4.98 Å². The summed E-state index contributed by atoms with van der Waals surface area (Å²) in [7, 11) is 1.69. The maximum absolute atomic E-state index is 10.4. The zero-order valence-corrected chi connectivity index (χ0v) is 18.0. The summed E-state index contributed by atoms with van der Waals surface area (Å²) >= 11 is 0. The molecular formula is C25H23BNO4. The van der Waals surface area contributed by atoms with E-state index in [0.717, 1.165) is 38.5 Å². The predicted molar refractivity (Wildman–Crippen MR) is 124 cm³/mol. The smallest absolute Gasteiger partial charge is 0.331 e. The lowest BCUT2D eigenvalue weighted by Gasteiger charge is -2.37. The summed E-state index contributed by atoms with van der Waals surface area (Å²) in [6.07, 6.45) is 0. The molecule has 0 atom stereocenters. The summed E-state index contributed by atoms with van der Waals surface area (Å²) < 4.78 is 18.2. The Bertz CT molecular complexity index is 1390. The van der Waals surface area contributed by atoms with Crippen LogP contribution in [0.3, 0.4) is 0 Å². The third kappa shape index (κ3) is 3.42. The Labute approximate surface area is 180 Å². The van der Waals surface area contributed by atoms with Crippen LogP contribution in [0.5, 0.6) is 0 Å². The number of furan rings is 1. The maximum Gasteiger partial charge on any atom is 0.331 e. The van der Waals surface area contributed by atoms with Gasteiger partial charge in [-0.05, 0) is 57.4 Å². The summed E-state index contributed by atoms with van der Waals surface area (Å²) in [4.78, 5) is 4.63. The van der Waals surface area contributed by atoms with Gasteiger partial charge in [-0.2, -0.15) is 0 Å². The van der Waals surface area contributed by atoms with E-state index in [-0.39, 0.29) is 0 Å². The second-order valence-electron chi connectivity index (χ2n) is 8.83. The molecule has 0 unspecified atom stereocenters. The first-order valence-electron chi connectivity index (χ1n) is 10.3. The molecule has 0 saturated carbocycles. The molecule has 1 N–H and O–H groups in total. The molecule has 0 spiro atoms. The van der Waals surface area contributed by atoms with Crippen LogP contribution in [0.1, 0.15) is 27.7 Å². The largest absolute Gasteiger partial charge is 0.456 e. The average Bonchev–Trinajstić information content (AvgIpc) is 3.31. The monoisotopic (exact) mass is 412 g/mol. The van der Waals surface area contributed by atoms with Gasteiger partial charge in [-0.25, -0.2) is 4.98 Å². The highest BCUT2D eigenvalue weighted by molar-refractivity contribution is 6.52. The molecule has 0 aliphatic carbocycles. The van der Waals surface area contributed by atoms with Gasteiger partial charge in [0.2, 0.25) is 5.89 Å². The zero-order valence-electron chi connectivity index (χ0n) is 18.0. The van der Waals surface area contributed by atoms with Crippen LogP contribution in [0.4, 0.5) is 0 Å². The minimum absolute atomic E-state index is 0.578. The van der Waals surface area contributed by atoms with Gasteiger partial charge < -0.3 is 18.6 Å². The molecule has 1 radical (unpaired) electrons. The number of rotatable bonds is 5. The van der Waals surface area contributed by atoms with E-state index in [0.29, 0.717) is 11.5 Å². The molecular weight excluding hydrogens is 389 g/mol. The van der Waals surface area contributed by atoms with Crippen LogP contribution in [0.15, 0.2) is 69.5 Å². The Kier molecular flexibility index (Phi) is 4.47. The molecule has 5 rings (SSSR count). The van der Waals surface area contributed by atoms with Crippen LogP contribution in [0, 0.1) is 0 Å². The van der Waals surface area contributed by atoms with Crippen molar-refractivity contribution >= 4 is 46.0 Å². The van der Waals surface area contributed by atoms with Gasteiger partial charge in [0.1, 0.15) is 16.7 Å². The molecule has 6 heteroatoms. The van der Waals surface area contributed by atoms with Crippen molar-refractivity contribution in [2.45, 2.75) is 38.9 Å². The number of hydrogen-bond acceptors (Lipinski definition) is 5. The first-order valence-corrected chi connectivity index (χ1v) is 10.3. The van der Waals surface area contributed by atoms with Crippen molar-refractivity contribution in [2.75, 3.05) is 0 Å². The standard InChI is InChI=1S/C25H23BNO4/c1-24(2,28)25(3,4)31-26-17-11-8-12-19-22(17)16-13-21-18(14-20(16)29-19)27-23(30-21)15-9-6-5-7-10-15/h5-14,28H,1-4H3. The van der Waals surface area contributed by atoms with Crippen LogP contribution < -0.4 is 5.46 Å². The number of benzene rings is 3. The summed E-state index contributed by atoms with van der Waals surface area (Å²) in [5, 5.41) is 12.3. The molecule has 0 aliphatic rings. The summed E-state index contributed by atoms with van der Waals surface area (Å²) in [5.41, 5.74) is 2.96. The molecule has 31 heavy (non-hydrogen) atoms. The fourth-order valence-electron chi connectivity index (χ4n) is 3.43. The molecule has 0 aliphatic heterocycles. The maximum atomic E-state index is 10.4. The number of oxazole rings is 1. The molecule has 0 saturated heterocycles. The Morgan fingerprint density at radius 3 is 2.39 bits per heavy atom. The van der Waals surface area contributed by atoms with E-state index in [1.54, 1.807) is 21.3 Å². The molecule has 5 nitrogen and oxygen atoms in total. The first kappa shape index (κ1) is 19.9. The number of aliphatic hydroxyl groups is 1. The van der Waals surface area contributed by atoms with Gasteiger partial charge in [0.15, 0.2) is 5.58 Å². The lowest BCUT2D eigenvalue weighted by Crippen LogP contribution is -2.49. The number of nitrogens with zero attached hydrogens (tertiary/aromatic N) is 1. The van der Waals surface area contributed by atoms with Crippen LogP contribution in [0.25, 0.3) is 44.5 Å². The minimum atomic E-state index is -1.00. The highest BCUT2D eigenvalue weighted by atomic mass is 16.5. The summed E-state index contributed by atoms with van der Waals surface area (Å²) in [6.45, 7) is 7.19. The Hall–Kier alpha value is -3.09. The molecule has 2 aromatic heterocycles. The van der Waals surface area contributed by atoms with Crippen LogP contribution in [0.2, 0.25) is 0 Å². The Balaban J connectivity index is 1.60.